The van der Waals surface area contributed by atoms with Crippen LogP contribution in [0.2, 0.25) is 0 Å². The van der Waals surface area contributed by atoms with Crippen molar-refractivity contribution in [2.45, 2.75) is 45.7 Å². The summed E-state index contributed by atoms with van der Waals surface area (Å²) in [6, 6.07) is 10.5. The molecule has 1 aliphatic rings. The van der Waals surface area contributed by atoms with Gasteiger partial charge in [0.1, 0.15) is 6.04 Å². The second kappa shape index (κ2) is 6.89. The zero-order valence-electron chi connectivity index (χ0n) is 12.7. The van der Waals surface area contributed by atoms with Crippen molar-refractivity contribution >= 4 is 5.97 Å². The molecule has 1 aliphatic heterocycles. The average Bonchev–Trinajstić information content (AvgIpc) is 2.47. The van der Waals surface area contributed by atoms with Crippen molar-refractivity contribution < 1.29 is 9.53 Å². The summed E-state index contributed by atoms with van der Waals surface area (Å²) >= 11 is 0. The SMILES string of the molecule is CCOC(=O)[C@@H]1C[C@@H](C)CCN1[C@H](C)c1ccccc1. The Bertz CT molecular complexity index is 432. The van der Waals surface area contributed by atoms with E-state index in [2.05, 4.69) is 43.0 Å². The lowest BCUT2D eigenvalue weighted by Crippen LogP contribution is -2.48. The van der Waals surface area contributed by atoms with Gasteiger partial charge in [-0.3, -0.25) is 9.69 Å². The van der Waals surface area contributed by atoms with Gasteiger partial charge in [-0.05, 0) is 44.7 Å². The van der Waals surface area contributed by atoms with Gasteiger partial charge in [0.2, 0.25) is 0 Å². The molecule has 3 atom stereocenters. The number of benzene rings is 1. The maximum absolute atomic E-state index is 12.2. The first-order chi connectivity index (χ1) is 9.63. The highest BCUT2D eigenvalue weighted by Crippen LogP contribution is 2.31. The Hall–Kier alpha value is -1.35. The molecule has 2 rings (SSSR count). The summed E-state index contributed by atoms with van der Waals surface area (Å²) in [4.78, 5) is 14.5. The highest BCUT2D eigenvalue weighted by Gasteiger charge is 2.35. The molecule has 0 N–H and O–H groups in total. The minimum absolute atomic E-state index is 0.0677. The van der Waals surface area contributed by atoms with E-state index in [0.29, 0.717) is 12.5 Å². The van der Waals surface area contributed by atoms with Gasteiger partial charge in [-0.25, -0.2) is 0 Å². The number of esters is 1. The Morgan fingerprint density at radius 1 is 1.40 bits per heavy atom. The Morgan fingerprint density at radius 3 is 2.75 bits per heavy atom. The van der Waals surface area contributed by atoms with Gasteiger partial charge in [0, 0.05) is 6.04 Å². The van der Waals surface area contributed by atoms with E-state index in [1.807, 2.05) is 13.0 Å². The first kappa shape index (κ1) is 15.0. The third kappa shape index (κ3) is 3.40. The van der Waals surface area contributed by atoms with Crippen LogP contribution < -0.4 is 0 Å². The minimum atomic E-state index is -0.103. The number of piperidine rings is 1. The molecule has 0 radical (unpaired) electrons. The van der Waals surface area contributed by atoms with Crippen LogP contribution in [0.25, 0.3) is 0 Å². The van der Waals surface area contributed by atoms with E-state index in [1.165, 1.54) is 5.56 Å². The van der Waals surface area contributed by atoms with E-state index in [4.69, 9.17) is 4.74 Å². The lowest BCUT2D eigenvalue weighted by Gasteiger charge is -2.40. The van der Waals surface area contributed by atoms with E-state index in [9.17, 15) is 4.79 Å². The van der Waals surface area contributed by atoms with Crippen LogP contribution in [0.4, 0.5) is 0 Å². The number of hydrogen-bond donors (Lipinski definition) is 0. The lowest BCUT2D eigenvalue weighted by atomic mass is 9.90. The minimum Gasteiger partial charge on any atom is -0.465 e. The van der Waals surface area contributed by atoms with Crippen molar-refractivity contribution in [2.75, 3.05) is 13.2 Å². The topological polar surface area (TPSA) is 29.5 Å². The second-order valence-electron chi connectivity index (χ2n) is 5.72. The van der Waals surface area contributed by atoms with Crippen molar-refractivity contribution in [1.29, 1.82) is 0 Å². The van der Waals surface area contributed by atoms with E-state index in [0.717, 1.165) is 19.4 Å². The predicted molar refractivity (Wildman–Crippen MR) is 80.4 cm³/mol. The Labute approximate surface area is 121 Å². The highest BCUT2D eigenvalue weighted by atomic mass is 16.5. The van der Waals surface area contributed by atoms with Crippen LogP contribution in [0, 0.1) is 5.92 Å². The van der Waals surface area contributed by atoms with E-state index in [-0.39, 0.29) is 18.1 Å². The summed E-state index contributed by atoms with van der Waals surface area (Å²) in [5.74, 6) is 0.519. The van der Waals surface area contributed by atoms with Gasteiger partial charge in [0.15, 0.2) is 0 Å². The normalized spacial score (nSPS) is 25.1. The maximum Gasteiger partial charge on any atom is 0.323 e. The number of nitrogens with zero attached hydrogens (tertiary/aromatic N) is 1. The number of likely N-dealkylation sites (tertiary alicyclic amines) is 1. The molecule has 1 heterocycles. The molecule has 0 saturated carbocycles. The largest absolute Gasteiger partial charge is 0.465 e. The fourth-order valence-corrected chi connectivity index (χ4v) is 3.02. The molecular weight excluding hydrogens is 250 g/mol. The second-order valence-corrected chi connectivity index (χ2v) is 5.72. The van der Waals surface area contributed by atoms with Crippen LogP contribution in [0.5, 0.6) is 0 Å². The van der Waals surface area contributed by atoms with Gasteiger partial charge in [-0.1, -0.05) is 37.3 Å². The van der Waals surface area contributed by atoms with Gasteiger partial charge in [0.05, 0.1) is 6.61 Å². The molecule has 0 spiro atoms. The third-order valence-corrected chi connectivity index (χ3v) is 4.24. The van der Waals surface area contributed by atoms with Gasteiger partial charge in [-0.15, -0.1) is 0 Å². The molecule has 0 unspecified atom stereocenters. The molecule has 20 heavy (non-hydrogen) atoms. The summed E-state index contributed by atoms with van der Waals surface area (Å²) in [6.45, 7) is 7.68. The average molecular weight is 275 g/mol. The van der Waals surface area contributed by atoms with Crippen LogP contribution in [0.1, 0.15) is 45.2 Å². The smallest absolute Gasteiger partial charge is 0.323 e. The van der Waals surface area contributed by atoms with E-state index < -0.39 is 0 Å². The Balaban J connectivity index is 2.16. The van der Waals surface area contributed by atoms with Crippen molar-refractivity contribution in [3.63, 3.8) is 0 Å². The number of rotatable bonds is 4. The van der Waals surface area contributed by atoms with Crippen LogP contribution >= 0.6 is 0 Å². The first-order valence-corrected chi connectivity index (χ1v) is 7.60. The molecule has 110 valence electrons. The van der Waals surface area contributed by atoms with Crippen molar-refractivity contribution in [1.82, 2.24) is 4.90 Å². The highest BCUT2D eigenvalue weighted by molar-refractivity contribution is 5.76. The summed E-state index contributed by atoms with van der Waals surface area (Å²) in [6.07, 6.45) is 2.04. The molecule has 0 aromatic heterocycles. The number of carbonyl (C=O) groups is 1. The molecule has 1 fully saturated rings. The Morgan fingerprint density at radius 2 is 2.10 bits per heavy atom. The van der Waals surface area contributed by atoms with Crippen molar-refractivity contribution in [2.24, 2.45) is 5.92 Å². The van der Waals surface area contributed by atoms with Gasteiger partial charge < -0.3 is 4.74 Å². The number of carbonyl (C=O) groups excluding carboxylic acids is 1. The molecule has 0 aliphatic carbocycles. The maximum atomic E-state index is 12.2. The molecule has 0 amide bonds. The fourth-order valence-electron chi connectivity index (χ4n) is 3.02. The number of hydrogen-bond acceptors (Lipinski definition) is 3. The monoisotopic (exact) mass is 275 g/mol. The van der Waals surface area contributed by atoms with E-state index in [1.54, 1.807) is 0 Å². The summed E-state index contributed by atoms with van der Waals surface area (Å²) < 4.78 is 5.27. The molecule has 3 heteroatoms. The quantitative estimate of drug-likeness (QED) is 0.789. The zero-order chi connectivity index (χ0) is 14.5. The van der Waals surface area contributed by atoms with Gasteiger partial charge in [0.25, 0.3) is 0 Å². The fraction of sp³-hybridized carbons (Fsp3) is 0.588. The number of ether oxygens (including phenoxy) is 1. The molecular formula is C17H25NO2. The van der Waals surface area contributed by atoms with Crippen LogP contribution in [-0.2, 0) is 9.53 Å². The molecule has 3 nitrogen and oxygen atoms in total. The standard InChI is InChI=1S/C17H25NO2/c1-4-20-17(19)16-12-13(2)10-11-18(16)14(3)15-8-6-5-7-9-15/h5-9,13-14,16H,4,10-12H2,1-3H3/t13-,14+,16-/m0/s1. The van der Waals surface area contributed by atoms with Crippen molar-refractivity contribution in [3.8, 4) is 0 Å². The first-order valence-electron chi connectivity index (χ1n) is 7.60. The Kier molecular flexibility index (Phi) is 5.18. The van der Waals surface area contributed by atoms with E-state index >= 15 is 0 Å². The predicted octanol–water partition coefficient (Wildman–Crippen LogP) is 3.41. The molecule has 0 bridgehead atoms. The summed E-state index contributed by atoms with van der Waals surface area (Å²) in [5.41, 5.74) is 1.26. The van der Waals surface area contributed by atoms with Crippen LogP contribution in [0.3, 0.4) is 0 Å². The van der Waals surface area contributed by atoms with Gasteiger partial charge in [-0.2, -0.15) is 0 Å². The molecule has 1 aromatic rings. The third-order valence-electron chi connectivity index (χ3n) is 4.24. The summed E-state index contributed by atoms with van der Waals surface area (Å²) in [5, 5.41) is 0. The zero-order valence-corrected chi connectivity index (χ0v) is 12.7. The van der Waals surface area contributed by atoms with Crippen LogP contribution in [-0.4, -0.2) is 30.1 Å². The van der Waals surface area contributed by atoms with Crippen LogP contribution in [0.15, 0.2) is 30.3 Å². The lowest BCUT2D eigenvalue weighted by molar-refractivity contribution is -0.153. The van der Waals surface area contributed by atoms with Crippen molar-refractivity contribution in [3.05, 3.63) is 35.9 Å². The molecule has 1 aromatic carbocycles. The molecule has 1 saturated heterocycles. The van der Waals surface area contributed by atoms with Gasteiger partial charge >= 0.3 is 5.97 Å². The summed E-state index contributed by atoms with van der Waals surface area (Å²) in [7, 11) is 0.